The number of carbonyl (C=O) groups excluding carboxylic acids is 2. The van der Waals surface area contributed by atoms with Crippen LogP contribution in [0.15, 0.2) is 0 Å². The predicted molar refractivity (Wildman–Crippen MR) is 73.8 cm³/mol. The molecule has 1 aromatic heterocycles. The van der Waals surface area contributed by atoms with Crippen LogP contribution in [0.3, 0.4) is 0 Å². The number of rotatable bonds is 3. The first-order valence-electron chi connectivity index (χ1n) is 6.42. The molecule has 0 N–H and O–H groups in total. The molecule has 8 heteroatoms. The highest BCUT2D eigenvalue weighted by atomic mass is 32.2. The molecule has 1 atom stereocenters. The number of methoxy groups -OCH3 is 2. The van der Waals surface area contributed by atoms with Crippen LogP contribution in [0.4, 0.5) is 0 Å². The maximum Gasteiger partial charge on any atom is 0.340 e. The third-order valence-electron chi connectivity index (χ3n) is 3.72. The normalized spacial score (nSPS) is 19.1. The van der Waals surface area contributed by atoms with Gasteiger partial charge in [0.15, 0.2) is 9.84 Å². The van der Waals surface area contributed by atoms with E-state index in [9.17, 15) is 18.0 Å². The third kappa shape index (κ3) is 2.14. The van der Waals surface area contributed by atoms with Crippen molar-refractivity contribution in [2.75, 3.05) is 14.2 Å². The number of aromatic nitrogens is 1. The number of nitrogens with zero attached hydrogens (tertiary/aromatic N) is 1. The van der Waals surface area contributed by atoms with Gasteiger partial charge in [0.2, 0.25) is 0 Å². The van der Waals surface area contributed by atoms with Gasteiger partial charge in [0, 0.05) is 11.4 Å². The zero-order valence-electron chi connectivity index (χ0n) is 12.3. The fourth-order valence-electron chi connectivity index (χ4n) is 2.86. The standard InChI is InChI=1S/C13H17NO6S/c1-5-9-14-7(2)10(12(15)19-3)11(13(16)20-4)8(14)6-21(9,17)18/h9H,5-6H2,1-4H3/t9-/m1/s1. The van der Waals surface area contributed by atoms with Gasteiger partial charge >= 0.3 is 11.9 Å². The Bertz CT molecular complexity index is 716. The van der Waals surface area contributed by atoms with E-state index in [0.717, 1.165) is 0 Å². The van der Waals surface area contributed by atoms with E-state index in [0.29, 0.717) is 17.8 Å². The van der Waals surface area contributed by atoms with Crippen LogP contribution in [0, 0.1) is 6.92 Å². The summed E-state index contributed by atoms with van der Waals surface area (Å²) < 4.78 is 35.3. The van der Waals surface area contributed by atoms with Crippen molar-refractivity contribution < 1.29 is 27.5 Å². The van der Waals surface area contributed by atoms with E-state index < -0.39 is 27.1 Å². The van der Waals surface area contributed by atoms with Gasteiger partial charge in [0.05, 0.1) is 31.1 Å². The van der Waals surface area contributed by atoms with Crippen LogP contribution < -0.4 is 0 Å². The minimum atomic E-state index is -3.39. The molecule has 0 saturated carbocycles. The van der Waals surface area contributed by atoms with Gasteiger partial charge in [-0.3, -0.25) is 0 Å². The van der Waals surface area contributed by atoms with Crippen molar-refractivity contribution in [2.45, 2.75) is 31.4 Å². The molecule has 0 bridgehead atoms. The largest absolute Gasteiger partial charge is 0.465 e. The number of hydrogen-bond acceptors (Lipinski definition) is 6. The second-order valence-corrected chi connectivity index (χ2v) is 6.96. The minimum absolute atomic E-state index is 0.0126. The average Bonchev–Trinajstić information content (AvgIpc) is 2.86. The zero-order valence-corrected chi connectivity index (χ0v) is 13.1. The van der Waals surface area contributed by atoms with Gasteiger partial charge < -0.3 is 14.0 Å². The van der Waals surface area contributed by atoms with E-state index in [2.05, 4.69) is 0 Å². The zero-order chi connectivity index (χ0) is 15.9. The van der Waals surface area contributed by atoms with Crippen LogP contribution in [0.2, 0.25) is 0 Å². The first-order valence-corrected chi connectivity index (χ1v) is 8.13. The Balaban J connectivity index is 2.80. The van der Waals surface area contributed by atoms with Gasteiger partial charge in [-0.2, -0.15) is 0 Å². The highest BCUT2D eigenvalue weighted by Crippen LogP contribution is 2.39. The topological polar surface area (TPSA) is 91.7 Å². The molecule has 21 heavy (non-hydrogen) atoms. The Morgan fingerprint density at radius 1 is 1.19 bits per heavy atom. The van der Waals surface area contributed by atoms with Crippen molar-refractivity contribution in [1.29, 1.82) is 0 Å². The molecule has 0 saturated heterocycles. The molecule has 0 aliphatic carbocycles. The fraction of sp³-hybridized carbons (Fsp3) is 0.538. The molecule has 0 spiro atoms. The summed E-state index contributed by atoms with van der Waals surface area (Å²) in [6, 6.07) is 0. The maximum absolute atomic E-state index is 12.2. The van der Waals surface area contributed by atoms with Crippen LogP contribution in [0.25, 0.3) is 0 Å². The minimum Gasteiger partial charge on any atom is -0.465 e. The molecule has 0 amide bonds. The second kappa shape index (κ2) is 5.18. The van der Waals surface area contributed by atoms with Crippen LogP contribution in [-0.2, 0) is 25.1 Å². The summed E-state index contributed by atoms with van der Waals surface area (Å²) in [6.45, 7) is 3.35. The first kappa shape index (κ1) is 15.6. The molecule has 1 aliphatic heterocycles. The van der Waals surface area contributed by atoms with E-state index in [-0.39, 0.29) is 16.9 Å². The van der Waals surface area contributed by atoms with Crippen molar-refractivity contribution in [3.63, 3.8) is 0 Å². The van der Waals surface area contributed by atoms with Gasteiger partial charge in [-0.15, -0.1) is 0 Å². The summed E-state index contributed by atoms with van der Waals surface area (Å²) in [5.41, 5.74) is 0.769. The van der Waals surface area contributed by atoms with E-state index in [4.69, 9.17) is 9.47 Å². The van der Waals surface area contributed by atoms with Crippen molar-refractivity contribution >= 4 is 21.8 Å². The third-order valence-corrected chi connectivity index (χ3v) is 5.77. The predicted octanol–water partition coefficient (Wildman–Crippen LogP) is 1.21. The van der Waals surface area contributed by atoms with Gasteiger partial charge in [0.1, 0.15) is 5.37 Å². The molecule has 1 aliphatic rings. The molecule has 2 rings (SSSR count). The van der Waals surface area contributed by atoms with Crippen molar-refractivity contribution in [3.8, 4) is 0 Å². The summed E-state index contributed by atoms with van der Waals surface area (Å²) in [4.78, 5) is 23.9. The lowest BCUT2D eigenvalue weighted by atomic mass is 10.1. The van der Waals surface area contributed by atoms with Crippen molar-refractivity contribution in [3.05, 3.63) is 22.5 Å². The number of carbonyl (C=O) groups is 2. The lowest BCUT2D eigenvalue weighted by molar-refractivity contribution is 0.0555. The number of esters is 2. The highest BCUT2D eigenvalue weighted by molar-refractivity contribution is 7.90. The summed E-state index contributed by atoms with van der Waals surface area (Å²) >= 11 is 0. The van der Waals surface area contributed by atoms with Gasteiger partial charge in [-0.05, 0) is 13.3 Å². The number of sulfone groups is 1. The summed E-state index contributed by atoms with van der Waals surface area (Å²) in [7, 11) is -0.994. The molecule has 0 unspecified atom stereocenters. The smallest absolute Gasteiger partial charge is 0.340 e. The molecule has 2 heterocycles. The molecule has 0 radical (unpaired) electrons. The average molecular weight is 315 g/mol. The quantitative estimate of drug-likeness (QED) is 0.778. The van der Waals surface area contributed by atoms with Gasteiger partial charge in [-0.25, -0.2) is 18.0 Å². The molecular weight excluding hydrogens is 298 g/mol. The Morgan fingerprint density at radius 3 is 2.19 bits per heavy atom. The van der Waals surface area contributed by atoms with Crippen LogP contribution in [-0.4, -0.2) is 39.1 Å². The monoisotopic (exact) mass is 315 g/mol. The lowest BCUT2D eigenvalue weighted by Gasteiger charge is -2.13. The van der Waals surface area contributed by atoms with Gasteiger partial charge in [0.25, 0.3) is 0 Å². The van der Waals surface area contributed by atoms with E-state index >= 15 is 0 Å². The van der Waals surface area contributed by atoms with E-state index in [1.807, 2.05) is 0 Å². The fourth-order valence-corrected chi connectivity index (χ4v) is 4.83. The summed E-state index contributed by atoms with van der Waals surface area (Å²) in [5.74, 6) is -1.70. The lowest BCUT2D eigenvalue weighted by Crippen LogP contribution is -2.16. The molecule has 0 fully saturated rings. The van der Waals surface area contributed by atoms with Crippen molar-refractivity contribution in [2.24, 2.45) is 0 Å². The van der Waals surface area contributed by atoms with E-state index in [1.54, 1.807) is 13.8 Å². The van der Waals surface area contributed by atoms with E-state index in [1.165, 1.54) is 18.8 Å². The summed E-state index contributed by atoms with van der Waals surface area (Å²) in [5, 5.41) is -0.769. The Kier molecular flexibility index (Phi) is 3.83. The maximum atomic E-state index is 12.2. The number of hydrogen-bond donors (Lipinski definition) is 0. The highest BCUT2D eigenvalue weighted by Gasteiger charge is 2.43. The molecule has 116 valence electrons. The molecular formula is C13H17NO6S. The number of fused-ring (bicyclic) bond motifs is 1. The first-order chi connectivity index (χ1) is 9.80. The van der Waals surface area contributed by atoms with Crippen LogP contribution in [0.5, 0.6) is 0 Å². The van der Waals surface area contributed by atoms with Crippen LogP contribution >= 0.6 is 0 Å². The van der Waals surface area contributed by atoms with Crippen molar-refractivity contribution in [1.82, 2.24) is 4.57 Å². The summed E-state index contributed by atoms with van der Waals surface area (Å²) in [6.07, 6.45) is 0.353. The SMILES string of the molecule is CC[C@@H]1n2c(C)c(C(=O)OC)c(C(=O)OC)c2CS1(=O)=O. The molecule has 0 aromatic carbocycles. The van der Waals surface area contributed by atoms with Gasteiger partial charge in [-0.1, -0.05) is 6.92 Å². The Morgan fingerprint density at radius 2 is 1.71 bits per heavy atom. The Hall–Kier alpha value is -1.83. The Labute approximate surface area is 122 Å². The second-order valence-electron chi connectivity index (χ2n) is 4.81. The molecule has 1 aromatic rings. The number of ether oxygens (including phenoxy) is 2. The van der Waals surface area contributed by atoms with Crippen LogP contribution in [0.1, 0.15) is 50.8 Å². The molecule has 7 nitrogen and oxygen atoms in total.